The molecular weight excluding hydrogens is 136 g/mol. The lowest BCUT2D eigenvalue weighted by Crippen LogP contribution is -1.93. The first-order valence-corrected chi connectivity index (χ1v) is 3.56. The number of hydrogen-bond acceptors (Lipinski definition) is 2. The second-order valence-electron chi connectivity index (χ2n) is 2.58. The van der Waals surface area contributed by atoms with E-state index in [0.717, 1.165) is 11.1 Å². The third kappa shape index (κ3) is 1.56. The summed E-state index contributed by atoms with van der Waals surface area (Å²) in [6.45, 7) is 3.86. The van der Waals surface area contributed by atoms with Gasteiger partial charge in [0.2, 0.25) is 0 Å². The van der Waals surface area contributed by atoms with Crippen molar-refractivity contribution in [2.75, 3.05) is 0 Å². The fourth-order valence-corrected chi connectivity index (χ4v) is 1.04. The van der Waals surface area contributed by atoms with Gasteiger partial charge in [-0.25, -0.2) is 0 Å². The number of hydrogen-bond donors (Lipinski definition) is 0. The van der Waals surface area contributed by atoms with Gasteiger partial charge in [-0.05, 0) is 31.0 Å². The second kappa shape index (κ2) is 3.16. The summed E-state index contributed by atoms with van der Waals surface area (Å²) in [5.74, 6) is -0.0296. The molecule has 2 nitrogen and oxygen atoms in total. The molecule has 1 heterocycles. The van der Waals surface area contributed by atoms with Crippen LogP contribution in [0.2, 0.25) is 0 Å². The Kier molecular flexibility index (Phi) is 2.22. The highest BCUT2D eigenvalue weighted by atomic mass is 14.6. The minimum absolute atomic E-state index is 0.0296. The summed E-state index contributed by atoms with van der Waals surface area (Å²) in [6, 6.07) is 4.09. The van der Waals surface area contributed by atoms with Crippen LogP contribution in [0.15, 0.2) is 18.5 Å². The highest BCUT2D eigenvalue weighted by molar-refractivity contribution is 5.28. The highest BCUT2D eigenvalue weighted by Crippen LogP contribution is 2.16. The van der Waals surface area contributed by atoms with Crippen molar-refractivity contribution in [1.82, 2.24) is 4.98 Å². The van der Waals surface area contributed by atoms with E-state index in [1.54, 1.807) is 12.4 Å². The number of aryl methyl sites for hydroxylation is 1. The van der Waals surface area contributed by atoms with Crippen molar-refractivity contribution in [2.45, 2.75) is 19.8 Å². The molecule has 0 aliphatic carbocycles. The van der Waals surface area contributed by atoms with Crippen molar-refractivity contribution in [1.29, 1.82) is 5.26 Å². The van der Waals surface area contributed by atoms with Crippen LogP contribution in [0.3, 0.4) is 0 Å². The quantitative estimate of drug-likeness (QED) is 0.607. The molecule has 0 saturated heterocycles. The van der Waals surface area contributed by atoms with Crippen LogP contribution in [-0.4, -0.2) is 4.98 Å². The molecule has 0 radical (unpaired) electrons. The van der Waals surface area contributed by atoms with Gasteiger partial charge in [0.25, 0.3) is 0 Å². The number of aromatic nitrogens is 1. The van der Waals surface area contributed by atoms with Crippen LogP contribution in [0.25, 0.3) is 0 Å². The number of nitrogens with zero attached hydrogens (tertiary/aromatic N) is 2. The van der Waals surface area contributed by atoms with Gasteiger partial charge < -0.3 is 0 Å². The average molecular weight is 146 g/mol. The molecule has 1 rings (SSSR count). The SMILES string of the molecule is Cc1cnccc1C(C)C#N. The lowest BCUT2D eigenvalue weighted by molar-refractivity contribution is 0.956. The maximum absolute atomic E-state index is 8.64. The molecule has 1 aromatic rings. The predicted molar refractivity (Wildman–Crippen MR) is 43.0 cm³/mol. The number of nitriles is 1. The predicted octanol–water partition coefficient (Wildman–Crippen LogP) is 2.02. The molecule has 0 saturated carbocycles. The van der Waals surface area contributed by atoms with Crippen molar-refractivity contribution in [2.24, 2.45) is 0 Å². The Hall–Kier alpha value is -1.36. The zero-order valence-corrected chi connectivity index (χ0v) is 6.70. The summed E-state index contributed by atoms with van der Waals surface area (Å²) >= 11 is 0. The van der Waals surface area contributed by atoms with E-state index < -0.39 is 0 Å². The molecule has 0 fully saturated rings. The summed E-state index contributed by atoms with van der Waals surface area (Å²) in [5, 5.41) is 8.64. The van der Waals surface area contributed by atoms with Gasteiger partial charge in [0, 0.05) is 12.4 Å². The lowest BCUT2D eigenvalue weighted by atomic mass is 10.0. The van der Waals surface area contributed by atoms with Crippen LogP contribution in [0.4, 0.5) is 0 Å². The molecule has 0 aliphatic heterocycles. The Bertz CT molecular complexity index is 286. The van der Waals surface area contributed by atoms with Crippen LogP contribution in [0.5, 0.6) is 0 Å². The average Bonchev–Trinajstić information content (AvgIpc) is 2.04. The van der Waals surface area contributed by atoms with Gasteiger partial charge in [-0.1, -0.05) is 0 Å². The Morgan fingerprint density at radius 2 is 2.36 bits per heavy atom. The van der Waals surface area contributed by atoms with Gasteiger partial charge in [-0.15, -0.1) is 0 Å². The maximum Gasteiger partial charge on any atom is 0.0701 e. The van der Waals surface area contributed by atoms with E-state index in [1.165, 1.54) is 0 Å². The Morgan fingerprint density at radius 1 is 1.64 bits per heavy atom. The van der Waals surface area contributed by atoms with Crippen LogP contribution in [0.1, 0.15) is 24.0 Å². The molecule has 1 unspecified atom stereocenters. The Balaban J connectivity index is 3.05. The lowest BCUT2D eigenvalue weighted by Gasteiger charge is -2.04. The van der Waals surface area contributed by atoms with Gasteiger partial charge >= 0.3 is 0 Å². The monoisotopic (exact) mass is 146 g/mol. The molecule has 56 valence electrons. The molecule has 0 N–H and O–H groups in total. The van der Waals surface area contributed by atoms with Gasteiger partial charge in [0.1, 0.15) is 0 Å². The van der Waals surface area contributed by atoms with Crippen LogP contribution >= 0.6 is 0 Å². The van der Waals surface area contributed by atoms with Gasteiger partial charge in [-0.2, -0.15) is 5.26 Å². The fourth-order valence-electron chi connectivity index (χ4n) is 1.04. The fraction of sp³-hybridized carbons (Fsp3) is 0.333. The molecule has 1 aromatic heterocycles. The van der Waals surface area contributed by atoms with E-state index in [0.29, 0.717) is 0 Å². The zero-order valence-electron chi connectivity index (χ0n) is 6.70. The van der Waals surface area contributed by atoms with E-state index >= 15 is 0 Å². The first-order chi connectivity index (χ1) is 5.25. The van der Waals surface area contributed by atoms with Gasteiger partial charge in [0.05, 0.1) is 12.0 Å². The third-order valence-electron chi connectivity index (χ3n) is 1.72. The maximum atomic E-state index is 8.64. The van der Waals surface area contributed by atoms with Crippen molar-refractivity contribution in [3.63, 3.8) is 0 Å². The van der Waals surface area contributed by atoms with E-state index in [-0.39, 0.29) is 5.92 Å². The second-order valence-corrected chi connectivity index (χ2v) is 2.58. The Morgan fingerprint density at radius 3 is 2.91 bits per heavy atom. The zero-order chi connectivity index (χ0) is 8.27. The molecule has 0 bridgehead atoms. The summed E-state index contributed by atoms with van der Waals surface area (Å²) in [4.78, 5) is 3.95. The minimum Gasteiger partial charge on any atom is -0.264 e. The van der Waals surface area contributed by atoms with E-state index in [9.17, 15) is 0 Å². The Labute approximate surface area is 66.5 Å². The van der Waals surface area contributed by atoms with Crippen LogP contribution in [0, 0.1) is 18.3 Å². The normalized spacial score (nSPS) is 12.1. The summed E-state index contributed by atoms with van der Waals surface area (Å²) in [6.07, 6.45) is 3.50. The highest BCUT2D eigenvalue weighted by Gasteiger charge is 2.05. The van der Waals surface area contributed by atoms with Crippen molar-refractivity contribution in [3.05, 3.63) is 29.6 Å². The first-order valence-electron chi connectivity index (χ1n) is 3.56. The third-order valence-corrected chi connectivity index (χ3v) is 1.72. The standard InChI is InChI=1S/C9H10N2/c1-7(5-10)9-3-4-11-6-8(9)2/h3-4,6-7H,1-2H3. The van der Waals surface area contributed by atoms with Crippen LogP contribution in [-0.2, 0) is 0 Å². The summed E-state index contributed by atoms with van der Waals surface area (Å²) < 4.78 is 0. The van der Waals surface area contributed by atoms with Gasteiger partial charge in [0.15, 0.2) is 0 Å². The van der Waals surface area contributed by atoms with Crippen molar-refractivity contribution in [3.8, 4) is 6.07 Å². The van der Waals surface area contributed by atoms with Gasteiger partial charge in [-0.3, -0.25) is 4.98 Å². The van der Waals surface area contributed by atoms with E-state index in [2.05, 4.69) is 11.1 Å². The van der Waals surface area contributed by atoms with Crippen molar-refractivity contribution >= 4 is 0 Å². The summed E-state index contributed by atoms with van der Waals surface area (Å²) in [7, 11) is 0. The molecule has 0 aromatic carbocycles. The molecule has 0 amide bonds. The minimum atomic E-state index is -0.0296. The van der Waals surface area contributed by atoms with Crippen molar-refractivity contribution < 1.29 is 0 Å². The van der Waals surface area contributed by atoms with E-state index in [4.69, 9.17) is 5.26 Å². The smallest absolute Gasteiger partial charge is 0.0701 e. The molecule has 2 heteroatoms. The van der Waals surface area contributed by atoms with Crippen LogP contribution < -0.4 is 0 Å². The largest absolute Gasteiger partial charge is 0.264 e. The topological polar surface area (TPSA) is 36.7 Å². The summed E-state index contributed by atoms with van der Waals surface area (Å²) in [5.41, 5.74) is 2.16. The first kappa shape index (κ1) is 7.74. The molecule has 0 spiro atoms. The number of rotatable bonds is 1. The molecule has 11 heavy (non-hydrogen) atoms. The van der Waals surface area contributed by atoms with E-state index in [1.807, 2.05) is 19.9 Å². The molecule has 1 atom stereocenters. The molecular formula is C9H10N2. The molecule has 0 aliphatic rings. The number of pyridine rings is 1.